The van der Waals surface area contributed by atoms with Gasteiger partial charge in [-0.05, 0) is 45.0 Å². The summed E-state index contributed by atoms with van der Waals surface area (Å²) >= 11 is 5.83. The molecule has 0 saturated heterocycles. The van der Waals surface area contributed by atoms with Crippen molar-refractivity contribution in [1.29, 1.82) is 0 Å². The van der Waals surface area contributed by atoms with Gasteiger partial charge in [-0.15, -0.1) is 0 Å². The van der Waals surface area contributed by atoms with Crippen LogP contribution in [0.15, 0.2) is 36.5 Å². The van der Waals surface area contributed by atoms with Gasteiger partial charge in [0.1, 0.15) is 11.4 Å². The van der Waals surface area contributed by atoms with E-state index in [1.807, 2.05) is 20.8 Å². The fraction of sp³-hybridized carbons (Fsp3) is 0.278. The minimum Gasteiger partial charge on any atom is -0.508 e. The molecule has 132 valence electrons. The molecule has 0 unspecified atom stereocenters. The SMILES string of the molecule is CC(C)(C)N(C(=O)Cc1ccc(Cl)cc1O)c1ccnc(C(N)=O)c1. The summed E-state index contributed by atoms with van der Waals surface area (Å²) in [5.41, 5.74) is 5.77. The number of aromatic nitrogens is 1. The second-order valence-electron chi connectivity index (χ2n) is 6.61. The molecule has 0 radical (unpaired) electrons. The molecule has 0 aliphatic heterocycles. The first-order valence-electron chi connectivity index (χ1n) is 7.66. The van der Waals surface area contributed by atoms with E-state index in [2.05, 4.69) is 4.98 Å². The Bertz CT molecular complexity index is 815. The van der Waals surface area contributed by atoms with Gasteiger partial charge >= 0.3 is 0 Å². The number of carbonyl (C=O) groups excluding carboxylic acids is 2. The number of amides is 2. The Labute approximate surface area is 151 Å². The number of phenolic OH excluding ortho intramolecular Hbond substituents is 1. The number of hydrogen-bond acceptors (Lipinski definition) is 4. The Morgan fingerprint density at radius 2 is 1.92 bits per heavy atom. The summed E-state index contributed by atoms with van der Waals surface area (Å²) in [4.78, 5) is 29.8. The molecule has 2 aromatic rings. The highest BCUT2D eigenvalue weighted by Gasteiger charge is 2.29. The number of nitrogens with two attached hydrogens (primary N) is 1. The number of anilines is 1. The number of rotatable bonds is 4. The third-order valence-electron chi connectivity index (χ3n) is 3.56. The van der Waals surface area contributed by atoms with Crippen LogP contribution in [0.25, 0.3) is 0 Å². The molecule has 0 spiro atoms. The third-order valence-corrected chi connectivity index (χ3v) is 3.80. The van der Waals surface area contributed by atoms with Crippen LogP contribution < -0.4 is 10.6 Å². The monoisotopic (exact) mass is 361 g/mol. The smallest absolute Gasteiger partial charge is 0.267 e. The molecule has 1 aromatic heterocycles. The predicted octanol–water partition coefficient (Wildman–Crippen LogP) is 2.91. The molecule has 7 heteroatoms. The molecule has 6 nitrogen and oxygen atoms in total. The number of aromatic hydroxyl groups is 1. The lowest BCUT2D eigenvalue weighted by Gasteiger charge is -2.36. The number of benzene rings is 1. The Balaban J connectivity index is 2.39. The molecular weight excluding hydrogens is 342 g/mol. The van der Waals surface area contributed by atoms with Crippen molar-refractivity contribution in [3.05, 3.63) is 52.8 Å². The maximum absolute atomic E-state index is 12.9. The lowest BCUT2D eigenvalue weighted by atomic mass is 10.0. The van der Waals surface area contributed by atoms with Gasteiger partial charge < -0.3 is 15.7 Å². The van der Waals surface area contributed by atoms with Gasteiger partial charge in [0.15, 0.2) is 0 Å². The van der Waals surface area contributed by atoms with E-state index in [4.69, 9.17) is 17.3 Å². The molecular formula is C18H20ClN3O3. The van der Waals surface area contributed by atoms with Crippen LogP contribution in [-0.4, -0.2) is 27.4 Å². The minimum absolute atomic E-state index is 0.0193. The van der Waals surface area contributed by atoms with Crippen LogP contribution in [0.5, 0.6) is 5.75 Å². The van der Waals surface area contributed by atoms with Crippen molar-refractivity contribution in [1.82, 2.24) is 4.98 Å². The van der Waals surface area contributed by atoms with E-state index >= 15 is 0 Å². The summed E-state index contributed by atoms with van der Waals surface area (Å²) < 4.78 is 0. The minimum atomic E-state index is -0.668. The van der Waals surface area contributed by atoms with Gasteiger partial charge in [-0.2, -0.15) is 0 Å². The van der Waals surface area contributed by atoms with Crippen LogP contribution in [0.2, 0.25) is 5.02 Å². The molecule has 0 aliphatic carbocycles. The average molecular weight is 362 g/mol. The molecule has 0 fully saturated rings. The van der Waals surface area contributed by atoms with Crippen LogP contribution in [0.4, 0.5) is 5.69 Å². The highest BCUT2D eigenvalue weighted by atomic mass is 35.5. The van der Waals surface area contributed by atoms with Crippen molar-refractivity contribution >= 4 is 29.1 Å². The first-order chi connectivity index (χ1) is 11.6. The fourth-order valence-corrected chi connectivity index (χ4v) is 2.69. The Hall–Kier alpha value is -2.60. The van der Waals surface area contributed by atoms with E-state index < -0.39 is 11.4 Å². The lowest BCUT2D eigenvalue weighted by Crippen LogP contribution is -2.46. The number of carbonyl (C=O) groups is 2. The van der Waals surface area contributed by atoms with Crippen molar-refractivity contribution < 1.29 is 14.7 Å². The maximum Gasteiger partial charge on any atom is 0.267 e. The number of hydrogen-bond donors (Lipinski definition) is 2. The zero-order chi connectivity index (χ0) is 18.8. The van der Waals surface area contributed by atoms with Crippen molar-refractivity contribution in [3.63, 3.8) is 0 Å². The molecule has 0 bridgehead atoms. The van der Waals surface area contributed by atoms with Crippen molar-refractivity contribution in [2.75, 3.05) is 4.90 Å². The van der Waals surface area contributed by atoms with Crippen LogP contribution in [0.1, 0.15) is 36.8 Å². The molecule has 1 aromatic carbocycles. The fourth-order valence-electron chi connectivity index (χ4n) is 2.53. The molecule has 2 rings (SSSR count). The summed E-state index contributed by atoms with van der Waals surface area (Å²) in [7, 11) is 0. The van der Waals surface area contributed by atoms with Crippen LogP contribution >= 0.6 is 11.6 Å². The van der Waals surface area contributed by atoms with E-state index in [9.17, 15) is 14.7 Å². The standard InChI is InChI=1S/C18H20ClN3O3/c1-18(2,3)22(13-6-7-21-14(10-13)17(20)25)16(24)8-11-4-5-12(19)9-15(11)23/h4-7,9-10,23H,8H2,1-3H3,(H2,20,25). The Morgan fingerprint density at radius 3 is 2.48 bits per heavy atom. The zero-order valence-corrected chi connectivity index (χ0v) is 15.0. The quantitative estimate of drug-likeness (QED) is 0.874. The van der Waals surface area contributed by atoms with Gasteiger partial charge in [-0.25, -0.2) is 0 Å². The number of primary amides is 1. The third kappa shape index (κ3) is 4.48. The number of phenols is 1. The van der Waals surface area contributed by atoms with Gasteiger partial charge in [-0.3, -0.25) is 14.6 Å². The summed E-state index contributed by atoms with van der Waals surface area (Å²) in [5.74, 6) is -0.951. The normalized spacial score (nSPS) is 11.2. The Kier molecular flexibility index (Phi) is 5.33. The number of pyridine rings is 1. The van der Waals surface area contributed by atoms with Gasteiger partial charge in [-0.1, -0.05) is 17.7 Å². The van der Waals surface area contributed by atoms with E-state index in [0.717, 1.165) is 0 Å². The molecule has 0 saturated carbocycles. The topological polar surface area (TPSA) is 96.5 Å². The van der Waals surface area contributed by atoms with E-state index in [-0.39, 0.29) is 23.8 Å². The summed E-state index contributed by atoms with van der Waals surface area (Å²) in [5, 5.41) is 10.4. The van der Waals surface area contributed by atoms with Crippen molar-refractivity contribution in [2.24, 2.45) is 5.73 Å². The highest BCUT2D eigenvalue weighted by Crippen LogP contribution is 2.28. The Morgan fingerprint density at radius 1 is 1.24 bits per heavy atom. The summed E-state index contributed by atoms with van der Waals surface area (Å²) in [6, 6.07) is 7.73. The highest BCUT2D eigenvalue weighted by molar-refractivity contribution is 6.30. The molecule has 0 atom stereocenters. The van der Waals surface area contributed by atoms with E-state index in [0.29, 0.717) is 16.3 Å². The van der Waals surface area contributed by atoms with Gasteiger partial charge in [0, 0.05) is 28.0 Å². The largest absolute Gasteiger partial charge is 0.508 e. The van der Waals surface area contributed by atoms with Gasteiger partial charge in [0.05, 0.1) is 6.42 Å². The number of nitrogens with zero attached hydrogens (tertiary/aromatic N) is 2. The van der Waals surface area contributed by atoms with Crippen LogP contribution in [0.3, 0.4) is 0 Å². The summed E-state index contributed by atoms with van der Waals surface area (Å²) in [6.07, 6.45) is 1.41. The van der Waals surface area contributed by atoms with E-state index in [1.54, 1.807) is 23.1 Å². The summed E-state index contributed by atoms with van der Waals surface area (Å²) in [6.45, 7) is 5.62. The molecule has 0 aliphatic rings. The zero-order valence-electron chi connectivity index (χ0n) is 14.3. The molecule has 1 heterocycles. The van der Waals surface area contributed by atoms with Crippen molar-refractivity contribution in [2.45, 2.75) is 32.7 Å². The van der Waals surface area contributed by atoms with Gasteiger partial charge in [0.25, 0.3) is 5.91 Å². The van der Waals surface area contributed by atoms with Crippen LogP contribution in [0, 0.1) is 0 Å². The first kappa shape index (κ1) is 18.7. The second-order valence-corrected chi connectivity index (χ2v) is 7.05. The maximum atomic E-state index is 12.9. The average Bonchev–Trinajstić information content (AvgIpc) is 2.49. The molecule has 2 amide bonds. The lowest BCUT2D eigenvalue weighted by molar-refractivity contribution is -0.118. The van der Waals surface area contributed by atoms with Crippen molar-refractivity contribution in [3.8, 4) is 5.75 Å². The molecule has 3 N–H and O–H groups in total. The molecule has 25 heavy (non-hydrogen) atoms. The number of halogens is 1. The van der Waals surface area contributed by atoms with E-state index in [1.165, 1.54) is 18.3 Å². The van der Waals surface area contributed by atoms with Crippen LogP contribution in [-0.2, 0) is 11.2 Å². The first-order valence-corrected chi connectivity index (χ1v) is 8.03. The second kappa shape index (κ2) is 7.11. The predicted molar refractivity (Wildman–Crippen MR) is 96.8 cm³/mol. The van der Waals surface area contributed by atoms with Gasteiger partial charge in [0.2, 0.25) is 5.91 Å².